The predicted octanol–water partition coefficient (Wildman–Crippen LogP) is 4.16. The number of hydrogen-bond acceptors (Lipinski definition) is 4. The van der Waals surface area contributed by atoms with Crippen LogP contribution in [-0.2, 0) is 20.7 Å². The summed E-state index contributed by atoms with van der Waals surface area (Å²) >= 11 is 0. The first-order valence-electron chi connectivity index (χ1n) is 7.92. The Balaban J connectivity index is 2.77. The molecule has 128 valence electrons. The summed E-state index contributed by atoms with van der Waals surface area (Å²) in [5.74, 6) is -0.868. The molecule has 0 aliphatic carbocycles. The molecule has 0 N–H and O–H groups in total. The van der Waals surface area contributed by atoms with E-state index in [2.05, 4.69) is 0 Å². The molecule has 0 radical (unpaired) electrons. The highest BCUT2D eigenvalue weighted by atomic mass is 16.6. The molecular weight excluding hydrogens is 292 g/mol. The zero-order valence-electron chi connectivity index (χ0n) is 15.2. The maximum absolute atomic E-state index is 12.1. The van der Waals surface area contributed by atoms with Crippen molar-refractivity contribution in [1.29, 1.82) is 0 Å². The molecule has 1 atom stereocenters. The Hall–Kier alpha value is -1.84. The maximum atomic E-state index is 12.1. The van der Waals surface area contributed by atoms with Gasteiger partial charge in [0.2, 0.25) is 0 Å². The lowest BCUT2D eigenvalue weighted by atomic mass is 9.99. The zero-order valence-corrected chi connectivity index (χ0v) is 15.2. The number of carbonyl (C=O) groups excluding carboxylic acids is 2. The van der Waals surface area contributed by atoms with E-state index in [0.29, 0.717) is 12.0 Å². The number of hydrogen-bond donors (Lipinski definition) is 0. The number of esters is 2. The summed E-state index contributed by atoms with van der Waals surface area (Å²) < 4.78 is 10.8. The van der Waals surface area contributed by atoms with Gasteiger partial charge in [0.25, 0.3) is 0 Å². The molecule has 0 heterocycles. The molecule has 1 aromatic carbocycles. The minimum Gasteiger partial charge on any atom is -0.460 e. The van der Waals surface area contributed by atoms with Crippen LogP contribution in [0, 0.1) is 5.92 Å². The summed E-state index contributed by atoms with van der Waals surface area (Å²) in [5, 5.41) is 0. The Morgan fingerprint density at radius 3 is 2.09 bits per heavy atom. The fourth-order valence-electron chi connectivity index (χ4n) is 2.00. The molecule has 1 aromatic rings. The lowest BCUT2D eigenvalue weighted by molar-refractivity contribution is -0.159. The first kappa shape index (κ1) is 19.2. The lowest BCUT2D eigenvalue weighted by Crippen LogP contribution is -2.28. The van der Waals surface area contributed by atoms with Gasteiger partial charge in [-0.2, -0.15) is 0 Å². The van der Waals surface area contributed by atoms with Crippen LogP contribution in [0.3, 0.4) is 0 Å². The van der Waals surface area contributed by atoms with Gasteiger partial charge in [0, 0.05) is 0 Å². The van der Waals surface area contributed by atoms with Crippen molar-refractivity contribution in [3.63, 3.8) is 0 Å². The van der Waals surface area contributed by atoms with Crippen LogP contribution in [0.5, 0.6) is 0 Å². The number of rotatable bonds is 4. The van der Waals surface area contributed by atoms with E-state index < -0.39 is 11.2 Å². The molecule has 0 aliphatic rings. The van der Waals surface area contributed by atoms with Gasteiger partial charge in [-0.3, -0.25) is 4.79 Å². The largest absolute Gasteiger partial charge is 0.460 e. The summed E-state index contributed by atoms with van der Waals surface area (Å²) in [5.41, 5.74) is 0.376. The van der Waals surface area contributed by atoms with Crippen LogP contribution in [-0.4, -0.2) is 23.1 Å². The SMILES string of the molecule is CC(Cc1cccc(C(=O)OC(C)(C)C)c1)C(=O)OC(C)(C)C. The van der Waals surface area contributed by atoms with Crippen molar-refractivity contribution in [3.8, 4) is 0 Å². The highest BCUT2D eigenvalue weighted by molar-refractivity contribution is 5.89. The third-order valence-electron chi connectivity index (χ3n) is 2.91. The molecule has 0 bridgehead atoms. The Morgan fingerprint density at radius 1 is 1.00 bits per heavy atom. The van der Waals surface area contributed by atoms with Crippen molar-refractivity contribution >= 4 is 11.9 Å². The van der Waals surface area contributed by atoms with Crippen LogP contribution in [0.15, 0.2) is 24.3 Å². The van der Waals surface area contributed by atoms with Crippen LogP contribution in [0.1, 0.15) is 64.4 Å². The molecule has 1 unspecified atom stereocenters. The van der Waals surface area contributed by atoms with E-state index in [-0.39, 0.29) is 17.9 Å². The standard InChI is InChI=1S/C19H28O4/c1-13(16(20)22-18(2,3)4)11-14-9-8-10-15(12-14)17(21)23-19(5,6)7/h8-10,12-13H,11H2,1-7H3. The highest BCUT2D eigenvalue weighted by Crippen LogP contribution is 2.18. The monoisotopic (exact) mass is 320 g/mol. The minimum atomic E-state index is -0.531. The van der Waals surface area contributed by atoms with Crippen molar-refractivity contribution in [2.24, 2.45) is 5.92 Å². The van der Waals surface area contributed by atoms with Gasteiger partial charge in [-0.1, -0.05) is 19.1 Å². The summed E-state index contributed by atoms with van der Waals surface area (Å²) in [7, 11) is 0. The van der Waals surface area contributed by atoms with Gasteiger partial charge in [-0.25, -0.2) is 4.79 Å². The van der Waals surface area contributed by atoms with Gasteiger partial charge in [-0.05, 0) is 65.7 Å². The maximum Gasteiger partial charge on any atom is 0.338 e. The van der Waals surface area contributed by atoms with Crippen LogP contribution >= 0.6 is 0 Å². The van der Waals surface area contributed by atoms with Gasteiger partial charge in [0.1, 0.15) is 11.2 Å². The van der Waals surface area contributed by atoms with Gasteiger partial charge in [0.05, 0.1) is 11.5 Å². The summed E-state index contributed by atoms with van der Waals surface area (Å²) in [6.45, 7) is 12.9. The normalized spacial score (nSPS) is 13.3. The van der Waals surface area contributed by atoms with Gasteiger partial charge in [0.15, 0.2) is 0 Å². The average Bonchev–Trinajstić information content (AvgIpc) is 2.35. The predicted molar refractivity (Wildman–Crippen MR) is 90.3 cm³/mol. The second kappa shape index (κ2) is 7.16. The topological polar surface area (TPSA) is 52.6 Å². The minimum absolute atomic E-state index is 0.236. The number of ether oxygens (including phenoxy) is 2. The van der Waals surface area contributed by atoms with Crippen molar-refractivity contribution in [3.05, 3.63) is 35.4 Å². The molecule has 0 aromatic heterocycles. The molecule has 0 saturated carbocycles. The smallest absolute Gasteiger partial charge is 0.338 e. The Kier molecular flexibility index (Phi) is 5.98. The van der Waals surface area contributed by atoms with E-state index in [1.807, 2.05) is 54.5 Å². The molecule has 4 nitrogen and oxygen atoms in total. The molecule has 1 rings (SSSR count). The van der Waals surface area contributed by atoms with E-state index in [1.165, 1.54) is 0 Å². The van der Waals surface area contributed by atoms with E-state index in [0.717, 1.165) is 5.56 Å². The lowest BCUT2D eigenvalue weighted by Gasteiger charge is -2.22. The quantitative estimate of drug-likeness (QED) is 0.782. The van der Waals surface area contributed by atoms with Crippen molar-refractivity contribution in [2.45, 2.75) is 66.1 Å². The van der Waals surface area contributed by atoms with Gasteiger partial charge >= 0.3 is 11.9 Å². The zero-order chi connectivity index (χ0) is 17.8. The summed E-state index contributed by atoms with van der Waals surface area (Å²) in [6, 6.07) is 7.19. The van der Waals surface area contributed by atoms with E-state index >= 15 is 0 Å². The van der Waals surface area contributed by atoms with Crippen molar-refractivity contribution in [1.82, 2.24) is 0 Å². The molecule has 23 heavy (non-hydrogen) atoms. The number of benzene rings is 1. The first-order valence-corrected chi connectivity index (χ1v) is 7.92. The molecule has 0 amide bonds. The first-order chi connectivity index (χ1) is 10.4. The average molecular weight is 320 g/mol. The second-order valence-electron chi connectivity index (χ2n) is 7.84. The van der Waals surface area contributed by atoms with E-state index in [4.69, 9.17) is 9.47 Å². The molecule has 0 aliphatic heterocycles. The molecule has 0 fully saturated rings. The second-order valence-corrected chi connectivity index (χ2v) is 7.84. The van der Waals surface area contributed by atoms with E-state index in [1.54, 1.807) is 18.2 Å². The molecular formula is C19H28O4. The van der Waals surface area contributed by atoms with Crippen LogP contribution < -0.4 is 0 Å². The van der Waals surface area contributed by atoms with Crippen LogP contribution in [0.25, 0.3) is 0 Å². The van der Waals surface area contributed by atoms with Crippen LogP contribution in [0.4, 0.5) is 0 Å². The summed E-state index contributed by atoms with van der Waals surface area (Å²) in [6.07, 6.45) is 0.519. The van der Waals surface area contributed by atoms with Gasteiger partial charge in [-0.15, -0.1) is 0 Å². The Morgan fingerprint density at radius 2 is 1.57 bits per heavy atom. The van der Waals surface area contributed by atoms with Crippen molar-refractivity contribution in [2.75, 3.05) is 0 Å². The van der Waals surface area contributed by atoms with Gasteiger partial charge < -0.3 is 9.47 Å². The molecule has 0 saturated heterocycles. The van der Waals surface area contributed by atoms with Crippen LogP contribution in [0.2, 0.25) is 0 Å². The fourth-order valence-corrected chi connectivity index (χ4v) is 2.00. The Labute approximate surface area is 139 Å². The fraction of sp³-hybridized carbons (Fsp3) is 0.579. The third kappa shape index (κ3) is 7.31. The van der Waals surface area contributed by atoms with Crippen molar-refractivity contribution < 1.29 is 19.1 Å². The van der Waals surface area contributed by atoms with E-state index in [9.17, 15) is 9.59 Å². The Bertz CT molecular complexity index is 561. The molecule has 4 heteroatoms. The molecule has 0 spiro atoms. The highest BCUT2D eigenvalue weighted by Gasteiger charge is 2.23. The third-order valence-corrected chi connectivity index (χ3v) is 2.91. The number of carbonyl (C=O) groups is 2. The summed E-state index contributed by atoms with van der Waals surface area (Å²) in [4.78, 5) is 24.2.